The Morgan fingerprint density at radius 1 is 1.08 bits per heavy atom. The van der Waals surface area contributed by atoms with Crippen molar-refractivity contribution in [1.29, 1.82) is 0 Å². The average Bonchev–Trinajstić information content (AvgIpc) is 3.11. The first-order chi connectivity index (χ1) is 11.6. The van der Waals surface area contributed by atoms with Gasteiger partial charge < -0.3 is 10.2 Å². The van der Waals surface area contributed by atoms with Crippen LogP contribution in [0.2, 0.25) is 0 Å². The number of benzene rings is 2. The van der Waals surface area contributed by atoms with Crippen LogP contribution in [0.1, 0.15) is 23.5 Å². The minimum atomic E-state index is -2.56. The fourth-order valence-electron chi connectivity index (χ4n) is 2.97. The highest BCUT2D eigenvalue weighted by Gasteiger charge is 2.26. The summed E-state index contributed by atoms with van der Waals surface area (Å²) in [5.41, 5.74) is 2.15. The molecule has 0 unspecified atom stereocenters. The van der Waals surface area contributed by atoms with Gasteiger partial charge in [0.05, 0.1) is 4.90 Å². The molecule has 1 atom stereocenters. The molecular weight excluding hydrogens is 324 g/mol. The van der Waals surface area contributed by atoms with Gasteiger partial charge in [0.25, 0.3) is 0 Å². The molecule has 1 heterocycles. The number of hydrogen-bond donors (Lipinski definition) is 2. The van der Waals surface area contributed by atoms with E-state index in [1.54, 1.807) is 24.3 Å². The topological polar surface area (TPSA) is 66.5 Å². The lowest BCUT2D eigenvalue weighted by atomic mass is 9.99. The largest absolute Gasteiger partial charge is 0.334 e. The molecule has 6 heteroatoms. The molecule has 5 nitrogen and oxygen atoms in total. The summed E-state index contributed by atoms with van der Waals surface area (Å²) >= 11 is 0. The summed E-state index contributed by atoms with van der Waals surface area (Å²) in [6.45, 7) is 1.87. The highest BCUT2D eigenvalue weighted by molar-refractivity contribution is 7.72. The Kier molecular flexibility index (Phi) is 5.15. The Balaban J connectivity index is 1.52. The lowest BCUT2D eigenvalue weighted by Crippen LogP contribution is -2.37. The van der Waals surface area contributed by atoms with Crippen LogP contribution in [-0.2, 0) is 17.2 Å². The fourth-order valence-corrected chi connectivity index (χ4v) is 3.36. The summed E-state index contributed by atoms with van der Waals surface area (Å²) in [6.07, 6.45) is 0.975. The van der Waals surface area contributed by atoms with E-state index in [0.29, 0.717) is 12.5 Å². The van der Waals surface area contributed by atoms with Crippen molar-refractivity contribution in [2.45, 2.75) is 23.8 Å². The van der Waals surface area contributed by atoms with Gasteiger partial charge in [0, 0.05) is 25.6 Å². The fraction of sp³-hybridized carbons (Fsp3) is 0.278. The van der Waals surface area contributed by atoms with Crippen LogP contribution in [0.25, 0.3) is 0 Å². The summed E-state index contributed by atoms with van der Waals surface area (Å²) in [5, 5.41) is 2.90. The molecule has 0 radical (unpaired) electrons. The summed E-state index contributed by atoms with van der Waals surface area (Å²) in [7, 11) is -2.56. The third kappa shape index (κ3) is 3.94. The van der Waals surface area contributed by atoms with Crippen molar-refractivity contribution in [2.24, 2.45) is 0 Å². The highest BCUT2D eigenvalue weighted by Crippen LogP contribution is 2.26. The summed E-state index contributed by atoms with van der Waals surface area (Å²) in [4.78, 5) is 14.4. The van der Waals surface area contributed by atoms with Crippen molar-refractivity contribution in [3.8, 4) is 0 Å². The number of nitrogens with one attached hydrogen (secondary N) is 1. The number of thiol groups is 1. The van der Waals surface area contributed by atoms with Gasteiger partial charge in [0.1, 0.15) is 0 Å². The number of rotatable bonds is 4. The molecule has 0 bridgehead atoms. The second kappa shape index (κ2) is 7.49. The van der Waals surface area contributed by atoms with Gasteiger partial charge in [-0.3, -0.25) is 0 Å². The third-order valence-electron chi connectivity index (χ3n) is 4.34. The van der Waals surface area contributed by atoms with E-state index in [0.717, 1.165) is 25.1 Å². The first kappa shape index (κ1) is 16.5. The summed E-state index contributed by atoms with van der Waals surface area (Å²) < 4.78 is 21.7. The molecular formula is C18H20N2O3S. The van der Waals surface area contributed by atoms with Gasteiger partial charge in [0.2, 0.25) is 0 Å². The molecule has 126 valence electrons. The predicted octanol–water partition coefficient (Wildman–Crippen LogP) is 2.36. The van der Waals surface area contributed by atoms with Gasteiger partial charge in [-0.2, -0.15) is 0 Å². The third-order valence-corrected chi connectivity index (χ3v) is 5.06. The molecule has 0 spiro atoms. The zero-order valence-corrected chi connectivity index (χ0v) is 14.1. The Hall–Kier alpha value is -2.34. The van der Waals surface area contributed by atoms with E-state index in [9.17, 15) is 13.2 Å². The number of carbonyl (C=O) groups is 1. The van der Waals surface area contributed by atoms with Gasteiger partial charge in [-0.1, -0.05) is 42.5 Å². The first-order valence-electron chi connectivity index (χ1n) is 7.94. The van der Waals surface area contributed by atoms with Crippen molar-refractivity contribution in [3.05, 3.63) is 65.7 Å². The lowest BCUT2D eigenvalue weighted by Gasteiger charge is -2.17. The summed E-state index contributed by atoms with van der Waals surface area (Å²) in [6, 6.07) is 16.7. The van der Waals surface area contributed by atoms with Crippen LogP contribution in [-0.4, -0.2) is 32.4 Å². The molecule has 1 aliphatic rings. The van der Waals surface area contributed by atoms with Crippen LogP contribution in [0, 0.1) is 0 Å². The number of likely N-dealkylation sites (tertiary alicyclic amines) is 1. The average molecular weight is 344 g/mol. The molecule has 0 aliphatic carbocycles. The van der Waals surface area contributed by atoms with Crippen LogP contribution in [0.3, 0.4) is 0 Å². The summed E-state index contributed by atoms with van der Waals surface area (Å²) in [5.74, 6) is 0.393. The number of urea groups is 1. The van der Waals surface area contributed by atoms with Crippen molar-refractivity contribution in [3.63, 3.8) is 0 Å². The van der Waals surface area contributed by atoms with Crippen molar-refractivity contribution < 1.29 is 13.2 Å². The van der Waals surface area contributed by atoms with Gasteiger partial charge >= 0.3 is 6.03 Å². The zero-order chi connectivity index (χ0) is 16.9. The molecule has 1 N–H and O–H groups in total. The maximum absolute atomic E-state index is 12.3. The van der Waals surface area contributed by atoms with E-state index in [-0.39, 0.29) is 10.9 Å². The van der Waals surface area contributed by atoms with E-state index in [1.807, 2.05) is 23.1 Å². The Morgan fingerprint density at radius 3 is 2.46 bits per heavy atom. The van der Waals surface area contributed by atoms with Crippen LogP contribution >= 0.6 is 0 Å². The zero-order valence-electron chi connectivity index (χ0n) is 13.2. The molecule has 24 heavy (non-hydrogen) atoms. The van der Waals surface area contributed by atoms with Crippen LogP contribution in [0.15, 0.2) is 59.5 Å². The van der Waals surface area contributed by atoms with Crippen molar-refractivity contribution in [2.75, 3.05) is 13.1 Å². The number of carbonyl (C=O) groups excluding carboxylic acids is 1. The van der Waals surface area contributed by atoms with E-state index < -0.39 is 10.7 Å². The lowest BCUT2D eigenvalue weighted by molar-refractivity contribution is 0.208. The van der Waals surface area contributed by atoms with E-state index in [2.05, 4.69) is 17.4 Å². The number of nitrogens with zero attached hydrogens (tertiary/aromatic N) is 1. The van der Waals surface area contributed by atoms with Crippen LogP contribution in [0.5, 0.6) is 0 Å². The van der Waals surface area contributed by atoms with E-state index in [4.69, 9.17) is 0 Å². The maximum Gasteiger partial charge on any atom is 0.317 e. The Morgan fingerprint density at radius 2 is 1.79 bits per heavy atom. The van der Waals surface area contributed by atoms with E-state index in [1.165, 1.54) is 5.56 Å². The second-order valence-corrected chi connectivity index (χ2v) is 6.96. The molecule has 1 fully saturated rings. The predicted molar refractivity (Wildman–Crippen MR) is 92.6 cm³/mol. The standard InChI is InChI=1S/C18H20N2O3S/c21-18(19-12-14-6-8-17(9-7-14)24(22)23)20-11-10-16(13-20)15-4-2-1-3-5-15/h1-9,16,24H,10-13H2,(H,19,21)/t16-/m1/s1. The molecule has 0 saturated carbocycles. The quantitative estimate of drug-likeness (QED) is 0.837. The van der Waals surface area contributed by atoms with E-state index >= 15 is 0 Å². The molecule has 1 saturated heterocycles. The van der Waals surface area contributed by atoms with Crippen molar-refractivity contribution in [1.82, 2.24) is 10.2 Å². The first-order valence-corrected chi connectivity index (χ1v) is 9.12. The minimum absolute atomic E-state index is 0.0765. The molecule has 1 aliphatic heterocycles. The Labute approximate surface area is 143 Å². The molecule has 2 aromatic carbocycles. The number of amides is 2. The smallest absolute Gasteiger partial charge is 0.317 e. The van der Waals surface area contributed by atoms with Gasteiger partial charge in [-0.25, -0.2) is 13.2 Å². The maximum atomic E-state index is 12.3. The second-order valence-electron chi connectivity index (χ2n) is 5.92. The molecule has 2 amide bonds. The van der Waals surface area contributed by atoms with Crippen LogP contribution in [0.4, 0.5) is 4.79 Å². The number of hydrogen-bond acceptors (Lipinski definition) is 3. The van der Waals surface area contributed by atoms with Gasteiger partial charge in [-0.05, 0) is 29.7 Å². The SMILES string of the molecule is O=C(NCc1ccc([SH](=O)=O)cc1)N1CC[C@@H](c2ccccc2)C1. The van der Waals surface area contributed by atoms with Gasteiger partial charge in [0.15, 0.2) is 10.7 Å². The molecule has 0 aromatic heterocycles. The Bertz CT molecular complexity index is 765. The normalized spacial score (nSPS) is 17.2. The monoisotopic (exact) mass is 344 g/mol. The minimum Gasteiger partial charge on any atom is -0.334 e. The van der Waals surface area contributed by atoms with Crippen LogP contribution < -0.4 is 5.32 Å². The van der Waals surface area contributed by atoms with Gasteiger partial charge in [-0.15, -0.1) is 0 Å². The highest BCUT2D eigenvalue weighted by atomic mass is 32.2. The molecule has 2 aromatic rings. The molecule has 3 rings (SSSR count). The van der Waals surface area contributed by atoms with Crippen molar-refractivity contribution >= 4 is 16.7 Å².